The fraction of sp³-hybridized carbons (Fsp3) is 0.118. The molecule has 0 nitrogen and oxygen atoms in total. The van der Waals surface area contributed by atoms with E-state index < -0.39 is 0 Å². The summed E-state index contributed by atoms with van der Waals surface area (Å²) in [5.41, 5.74) is 7.96. The summed E-state index contributed by atoms with van der Waals surface area (Å²) in [5, 5.41) is 5.28. The van der Waals surface area contributed by atoms with E-state index in [2.05, 4.69) is 148 Å². The molecule has 0 aromatic heterocycles. The maximum atomic E-state index is 2.26. The molecule has 0 N–H and O–H groups in total. The Labute approximate surface area is 262 Å². The van der Waals surface area contributed by atoms with E-state index >= 15 is 0 Å². The minimum atomic E-state index is 0. The SMILES string of the molecule is C[Si]C.Cc1ccccc1-c1cc2ccccc2[cH-]1.Cc1ccccc1-c1cc2ccccc2[cH-]1.[Cl-].[Cl-].[Zr+4]. The van der Waals surface area contributed by atoms with Gasteiger partial charge in [0.15, 0.2) is 0 Å². The van der Waals surface area contributed by atoms with E-state index in [1.54, 1.807) is 0 Å². The molecule has 0 amide bonds. The Morgan fingerprint density at radius 1 is 0.500 bits per heavy atom. The van der Waals surface area contributed by atoms with Gasteiger partial charge in [-0.3, -0.25) is 0 Å². The van der Waals surface area contributed by atoms with Crippen molar-refractivity contribution in [3.8, 4) is 22.3 Å². The van der Waals surface area contributed by atoms with Gasteiger partial charge in [-0.25, -0.2) is 0 Å². The Morgan fingerprint density at radius 2 is 0.816 bits per heavy atom. The van der Waals surface area contributed by atoms with Crippen molar-refractivity contribution in [2.45, 2.75) is 26.9 Å². The molecule has 0 fully saturated rings. The first kappa shape index (κ1) is 33.8. The Hall–Kier alpha value is -2.22. The zero-order chi connectivity index (χ0) is 24.6. The van der Waals surface area contributed by atoms with Crippen molar-refractivity contribution in [3.05, 3.63) is 132 Å². The van der Waals surface area contributed by atoms with E-state index in [4.69, 9.17) is 0 Å². The third-order valence-corrected chi connectivity index (χ3v) is 6.15. The predicted molar refractivity (Wildman–Crippen MR) is 157 cm³/mol. The van der Waals surface area contributed by atoms with E-state index in [1.165, 1.54) is 54.9 Å². The van der Waals surface area contributed by atoms with Crippen LogP contribution in [0, 0.1) is 13.8 Å². The van der Waals surface area contributed by atoms with Crippen LogP contribution in [-0.4, -0.2) is 9.52 Å². The number of halogens is 2. The van der Waals surface area contributed by atoms with Crippen LogP contribution < -0.4 is 24.8 Å². The molecule has 4 heteroatoms. The van der Waals surface area contributed by atoms with Crippen LogP contribution in [0.3, 0.4) is 0 Å². The van der Waals surface area contributed by atoms with Gasteiger partial charge in [-0.05, 0) is 13.8 Å². The van der Waals surface area contributed by atoms with E-state index in [1.807, 2.05) is 0 Å². The molecule has 6 rings (SSSR count). The topological polar surface area (TPSA) is 0 Å². The second kappa shape index (κ2) is 16.7. The summed E-state index contributed by atoms with van der Waals surface area (Å²) in [5.74, 6) is 0. The molecule has 0 spiro atoms. The summed E-state index contributed by atoms with van der Waals surface area (Å²) in [6.45, 7) is 8.62. The van der Waals surface area contributed by atoms with Crippen LogP contribution in [0.2, 0.25) is 13.1 Å². The molecule has 38 heavy (non-hydrogen) atoms. The molecule has 6 aromatic carbocycles. The molecule has 190 valence electrons. The summed E-state index contributed by atoms with van der Waals surface area (Å²) in [6, 6.07) is 43.1. The summed E-state index contributed by atoms with van der Waals surface area (Å²) in [6.07, 6.45) is 0. The Morgan fingerprint density at radius 3 is 1.16 bits per heavy atom. The first-order chi connectivity index (χ1) is 17.1. The molecular weight excluding hydrogens is 599 g/mol. The van der Waals surface area contributed by atoms with Gasteiger partial charge in [0.25, 0.3) is 0 Å². The molecule has 0 aliphatic carbocycles. The first-order valence-electron chi connectivity index (χ1n) is 12.1. The normalized spacial score (nSPS) is 9.58. The molecule has 0 heterocycles. The molecular formula is C34H32Cl2SiZr. The standard InChI is InChI=1S/2C16H13.C2H6Si.2ClH.Zr/c2*1-12-6-2-5-9-16(12)15-10-13-7-3-4-8-14(13)11-15;1-3-2;;;/h2*2-11H,1H3;1-2H3;2*1H;/q2*-1;;;;+4/p-2. The first-order valence-corrected chi connectivity index (χ1v) is 14.1. The molecule has 0 saturated carbocycles. The van der Waals surface area contributed by atoms with Gasteiger partial charge in [-0.15, -0.1) is 69.1 Å². The Bertz CT molecular complexity index is 1350. The zero-order valence-electron chi connectivity index (χ0n) is 22.3. The maximum absolute atomic E-state index is 2.26. The van der Waals surface area contributed by atoms with Gasteiger partial charge < -0.3 is 24.8 Å². The van der Waals surface area contributed by atoms with E-state index in [0.717, 1.165) is 9.52 Å². The number of hydrogen-bond acceptors (Lipinski definition) is 0. The second-order valence-corrected chi connectivity index (χ2v) is 9.88. The molecule has 0 atom stereocenters. The number of fused-ring (bicyclic) bond motifs is 2. The summed E-state index contributed by atoms with van der Waals surface area (Å²) in [7, 11) is 1.08. The fourth-order valence-electron chi connectivity index (χ4n) is 4.41. The van der Waals surface area contributed by atoms with Crippen molar-refractivity contribution < 1.29 is 51.0 Å². The molecule has 0 bridgehead atoms. The second-order valence-electron chi connectivity index (χ2n) is 8.88. The van der Waals surface area contributed by atoms with E-state index in [9.17, 15) is 0 Å². The maximum Gasteiger partial charge on any atom is 4.00 e. The average Bonchev–Trinajstić information content (AvgIpc) is 3.50. The van der Waals surface area contributed by atoms with Gasteiger partial charge in [-0.2, -0.15) is 0 Å². The Balaban J connectivity index is 0.000000322. The predicted octanol–water partition coefficient (Wildman–Crippen LogP) is 3.86. The third kappa shape index (κ3) is 8.39. The van der Waals surface area contributed by atoms with Gasteiger partial charge in [0.2, 0.25) is 0 Å². The summed E-state index contributed by atoms with van der Waals surface area (Å²) >= 11 is 0. The van der Waals surface area contributed by atoms with Crippen LogP contribution in [0.15, 0.2) is 121 Å². The smallest absolute Gasteiger partial charge is 1.00 e. The van der Waals surface area contributed by atoms with Crippen molar-refractivity contribution in [1.82, 2.24) is 0 Å². The van der Waals surface area contributed by atoms with Crippen molar-refractivity contribution in [3.63, 3.8) is 0 Å². The van der Waals surface area contributed by atoms with Crippen LogP contribution in [0.4, 0.5) is 0 Å². The van der Waals surface area contributed by atoms with E-state index in [0.29, 0.717) is 0 Å². The van der Waals surface area contributed by atoms with Gasteiger partial charge in [0.1, 0.15) is 0 Å². The summed E-state index contributed by atoms with van der Waals surface area (Å²) < 4.78 is 0. The minimum Gasteiger partial charge on any atom is -1.00 e. The van der Waals surface area contributed by atoms with Crippen molar-refractivity contribution in [1.29, 1.82) is 0 Å². The molecule has 0 unspecified atom stereocenters. The van der Waals surface area contributed by atoms with Crippen molar-refractivity contribution in [2.24, 2.45) is 0 Å². The number of hydrogen-bond donors (Lipinski definition) is 0. The van der Waals surface area contributed by atoms with Crippen LogP contribution in [-0.2, 0) is 26.2 Å². The van der Waals surface area contributed by atoms with Crippen LogP contribution >= 0.6 is 0 Å². The number of rotatable bonds is 2. The van der Waals surface area contributed by atoms with Crippen molar-refractivity contribution in [2.75, 3.05) is 0 Å². The summed E-state index contributed by atoms with van der Waals surface area (Å²) in [4.78, 5) is 0. The number of benzene rings is 4. The monoisotopic (exact) mass is 628 g/mol. The van der Waals surface area contributed by atoms with Gasteiger partial charge in [0.05, 0.1) is 0 Å². The van der Waals surface area contributed by atoms with Gasteiger partial charge >= 0.3 is 26.2 Å². The van der Waals surface area contributed by atoms with Crippen LogP contribution in [0.1, 0.15) is 11.1 Å². The quantitative estimate of drug-likeness (QED) is 0.202. The minimum absolute atomic E-state index is 0. The van der Waals surface area contributed by atoms with E-state index in [-0.39, 0.29) is 51.0 Å². The molecule has 2 radical (unpaired) electrons. The number of aryl methyl sites for hydroxylation is 2. The Kier molecular flexibility index (Phi) is 14.8. The molecule has 0 saturated heterocycles. The fourth-order valence-corrected chi connectivity index (χ4v) is 4.41. The van der Waals surface area contributed by atoms with Gasteiger partial charge in [0, 0.05) is 9.52 Å². The van der Waals surface area contributed by atoms with Crippen LogP contribution in [0.25, 0.3) is 43.8 Å². The third-order valence-electron chi connectivity index (χ3n) is 6.15. The van der Waals surface area contributed by atoms with Gasteiger partial charge in [-0.1, -0.05) is 120 Å². The average molecular weight is 631 g/mol. The van der Waals surface area contributed by atoms with Crippen molar-refractivity contribution >= 4 is 31.1 Å². The van der Waals surface area contributed by atoms with Crippen LogP contribution in [0.5, 0.6) is 0 Å². The zero-order valence-corrected chi connectivity index (χ0v) is 27.3. The molecule has 0 aliphatic rings. The molecule has 6 aromatic rings. The molecule has 0 aliphatic heterocycles. The largest absolute Gasteiger partial charge is 4.00 e.